The number of hydrogen-bond acceptors (Lipinski definition) is 1. The molecule has 0 rings (SSSR count). The molecule has 0 saturated heterocycles. The standard InChI is InChI=1S/C12H24O/c1-6-13-12(5)11(4)9-7-8-10(2)3/h8,11-12H,6-7,9H2,1-5H3. The first-order valence-corrected chi connectivity index (χ1v) is 5.32. The van der Waals surface area contributed by atoms with Gasteiger partial charge in [0, 0.05) is 6.61 Å². The summed E-state index contributed by atoms with van der Waals surface area (Å²) in [5.74, 6) is 0.663. The Bertz CT molecular complexity index is 145. The first-order chi connectivity index (χ1) is 6.07. The SMILES string of the molecule is CCOC(C)C(C)CCC=C(C)C. The second kappa shape index (κ2) is 7.14. The lowest BCUT2D eigenvalue weighted by atomic mass is 9.99. The van der Waals surface area contributed by atoms with E-state index in [2.05, 4.69) is 40.7 Å². The van der Waals surface area contributed by atoms with Gasteiger partial charge in [0.05, 0.1) is 6.10 Å². The van der Waals surface area contributed by atoms with Gasteiger partial charge in [0.25, 0.3) is 0 Å². The van der Waals surface area contributed by atoms with Crippen LogP contribution in [-0.2, 0) is 4.74 Å². The smallest absolute Gasteiger partial charge is 0.0572 e. The van der Waals surface area contributed by atoms with Gasteiger partial charge < -0.3 is 4.74 Å². The van der Waals surface area contributed by atoms with Crippen LogP contribution in [0.3, 0.4) is 0 Å². The molecule has 0 radical (unpaired) electrons. The van der Waals surface area contributed by atoms with Gasteiger partial charge >= 0.3 is 0 Å². The third kappa shape index (κ3) is 6.83. The van der Waals surface area contributed by atoms with Gasteiger partial charge in [0.1, 0.15) is 0 Å². The van der Waals surface area contributed by atoms with E-state index in [-0.39, 0.29) is 0 Å². The summed E-state index contributed by atoms with van der Waals surface area (Å²) in [6, 6.07) is 0. The highest BCUT2D eigenvalue weighted by Crippen LogP contribution is 2.14. The number of ether oxygens (including phenoxy) is 1. The Hall–Kier alpha value is -0.300. The zero-order valence-corrected chi connectivity index (χ0v) is 9.76. The van der Waals surface area contributed by atoms with Crippen molar-refractivity contribution in [1.82, 2.24) is 0 Å². The van der Waals surface area contributed by atoms with E-state index in [1.807, 2.05) is 0 Å². The minimum Gasteiger partial charge on any atom is -0.379 e. The van der Waals surface area contributed by atoms with Gasteiger partial charge in [-0.2, -0.15) is 0 Å². The predicted molar refractivity (Wildman–Crippen MR) is 58.9 cm³/mol. The van der Waals surface area contributed by atoms with Crippen LogP contribution in [0.5, 0.6) is 0 Å². The second-order valence-corrected chi connectivity index (χ2v) is 4.00. The fourth-order valence-corrected chi connectivity index (χ4v) is 1.30. The van der Waals surface area contributed by atoms with Crippen molar-refractivity contribution in [3.8, 4) is 0 Å². The highest BCUT2D eigenvalue weighted by Gasteiger charge is 2.10. The summed E-state index contributed by atoms with van der Waals surface area (Å²) in [7, 11) is 0. The summed E-state index contributed by atoms with van der Waals surface area (Å²) < 4.78 is 5.54. The monoisotopic (exact) mass is 184 g/mol. The van der Waals surface area contributed by atoms with Crippen LogP contribution in [0.1, 0.15) is 47.5 Å². The van der Waals surface area contributed by atoms with E-state index in [9.17, 15) is 0 Å². The van der Waals surface area contributed by atoms with Crippen LogP contribution in [0.4, 0.5) is 0 Å². The van der Waals surface area contributed by atoms with E-state index < -0.39 is 0 Å². The van der Waals surface area contributed by atoms with E-state index in [0.717, 1.165) is 6.61 Å². The van der Waals surface area contributed by atoms with Crippen molar-refractivity contribution >= 4 is 0 Å². The molecule has 0 aromatic carbocycles. The van der Waals surface area contributed by atoms with Crippen LogP contribution in [0.15, 0.2) is 11.6 Å². The molecule has 0 fully saturated rings. The molecule has 2 unspecified atom stereocenters. The summed E-state index contributed by atoms with van der Waals surface area (Å²) >= 11 is 0. The van der Waals surface area contributed by atoms with Gasteiger partial charge in [-0.05, 0) is 46.5 Å². The molecule has 1 nitrogen and oxygen atoms in total. The van der Waals surface area contributed by atoms with Gasteiger partial charge in [-0.25, -0.2) is 0 Å². The van der Waals surface area contributed by atoms with Crippen LogP contribution in [0.2, 0.25) is 0 Å². The fourth-order valence-electron chi connectivity index (χ4n) is 1.30. The topological polar surface area (TPSA) is 9.23 Å². The summed E-state index contributed by atoms with van der Waals surface area (Å²) in [5.41, 5.74) is 1.41. The second-order valence-electron chi connectivity index (χ2n) is 4.00. The van der Waals surface area contributed by atoms with Crippen molar-refractivity contribution in [2.24, 2.45) is 5.92 Å². The molecular formula is C12H24O. The van der Waals surface area contributed by atoms with Crippen molar-refractivity contribution in [2.75, 3.05) is 6.61 Å². The van der Waals surface area contributed by atoms with Gasteiger partial charge in [-0.3, -0.25) is 0 Å². The van der Waals surface area contributed by atoms with E-state index in [1.165, 1.54) is 18.4 Å². The van der Waals surface area contributed by atoms with E-state index in [1.54, 1.807) is 0 Å². The molecule has 0 heterocycles. The third-order valence-corrected chi connectivity index (χ3v) is 2.41. The van der Waals surface area contributed by atoms with Crippen molar-refractivity contribution in [3.63, 3.8) is 0 Å². The van der Waals surface area contributed by atoms with Gasteiger partial charge in [-0.1, -0.05) is 18.6 Å². The van der Waals surface area contributed by atoms with Crippen molar-refractivity contribution in [3.05, 3.63) is 11.6 Å². The lowest BCUT2D eigenvalue weighted by Crippen LogP contribution is -2.17. The normalized spacial score (nSPS) is 15.2. The molecule has 13 heavy (non-hydrogen) atoms. The molecule has 0 aliphatic rings. The van der Waals surface area contributed by atoms with Gasteiger partial charge in [0.2, 0.25) is 0 Å². The zero-order valence-electron chi connectivity index (χ0n) is 9.76. The molecule has 0 aromatic heterocycles. The average molecular weight is 184 g/mol. The predicted octanol–water partition coefficient (Wildman–Crippen LogP) is 3.79. The molecule has 1 heteroatoms. The minimum atomic E-state index is 0.399. The maximum atomic E-state index is 5.54. The van der Waals surface area contributed by atoms with E-state index in [0.29, 0.717) is 12.0 Å². The van der Waals surface area contributed by atoms with Crippen LogP contribution in [0, 0.1) is 5.92 Å². The summed E-state index contributed by atoms with van der Waals surface area (Å²) in [5, 5.41) is 0. The molecule has 78 valence electrons. The Morgan fingerprint density at radius 3 is 2.38 bits per heavy atom. The molecule has 0 spiro atoms. The molecule has 0 amide bonds. The molecular weight excluding hydrogens is 160 g/mol. The Labute approximate surface area is 83.2 Å². The number of rotatable bonds is 6. The van der Waals surface area contributed by atoms with Crippen molar-refractivity contribution < 1.29 is 4.74 Å². The molecule has 0 bridgehead atoms. The largest absolute Gasteiger partial charge is 0.379 e. The van der Waals surface area contributed by atoms with E-state index in [4.69, 9.17) is 4.74 Å². The van der Waals surface area contributed by atoms with Crippen LogP contribution < -0.4 is 0 Å². The number of allylic oxidation sites excluding steroid dienone is 2. The van der Waals surface area contributed by atoms with Gasteiger partial charge in [0.15, 0.2) is 0 Å². The Morgan fingerprint density at radius 1 is 1.31 bits per heavy atom. The molecule has 0 aliphatic carbocycles. The van der Waals surface area contributed by atoms with Crippen LogP contribution >= 0.6 is 0 Å². The van der Waals surface area contributed by atoms with E-state index >= 15 is 0 Å². The molecule has 0 N–H and O–H groups in total. The maximum absolute atomic E-state index is 5.54. The molecule has 0 aromatic rings. The quantitative estimate of drug-likeness (QED) is 0.571. The fraction of sp³-hybridized carbons (Fsp3) is 0.833. The van der Waals surface area contributed by atoms with Crippen LogP contribution in [-0.4, -0.2) is 12.7 Å². The first kappa shape index (κ1) is 12.7. The lowest BCUT2D eigenvalue weighted by Gasteiger charge is -2.18. The zero-order chi connectivity index (χ0) is 10.3. The third-order valence-electron chi connectivity index (χ3n) is 2.41. The summed E-state index contributed by atoms with van der Waals surface area (Å²) in [6.45, 7) is 11.6. The number of hydrogen-bond donors (Lipinski definition) is 0. The minimum absolute atomic E-state index is 0.399. The highest BCUT2D eigenvalue weighted by atomic mass is 16.5. The van der Waals surface area contributed by atoms with Crippen LogP contribution in [0.25, 0.3) is 0 Å². The van der Waals surface area contributed by atoms with Crippen molar-refractivity contribution in [2.45, 2.75) is 53.6 Å². The Morgan fingerprint density at radius 2 is 1.92 bits per heavy atom. The Balaban J connectivity index is 3.61. The first-order valence-electron chi connectivity index (χ1n) is 5.32. The summed E-state index contributed by atoms with van der Waals surface area (Å²) in [4.78, 5) is 0. The Kier molecular flexibility index (Phi) is 6.97. The highest BCUT2D eigenvalue weighted by molar-refractivity contribution is 4.92. The van der Waals surface area contributed by atoms with Crippen molar-refractivity contribution in [1.29, 1.82) is 0 Å². The molecule has 0 aliphatic heterocycles. The molecule has 2 atom stereocenters. The lowest BCUT2D eigenvalue weighted by molar-refractivity contribution is 0.0364. The summed E-state index contributed by atoms with van der Waals surface area (Å²) in [6.07, 6.45) is 5.11. The van der Waals surface area contributed by atoms with Gasteiger partial charge in [-0.15, -0.1) is 0 Å². The average Bonchev–Trinajstić information content (AvgIpc) is 2.04. The maximum Gasteiger partial charge on any atom is 0.0572 e. The molecule has 0 saturated carbocycles.